The van der Waals surface area contributed by atoms with Gasteiger partial charge in [-0.2, -0.15) is 10.2 Å². The molecule has 1 saturated heterocycles. The third kappa shape index (κ3) is 3.90. The summed E-state index contributed by atoms with van der Waals surface area (Å²) in [5.41, 5.74) is 2.42. The highest BCUT2D eigenvalue weighted by Crippen LogP contribution is 2.40. The summed E-state index contributed by atoms with van der Waals surface area (Å²) < 4.78 is 7.47. The lowest BCUT2D eigenvalue weighted by Gasteiger charge is -2.23. The van der Waals surface area contributed by atoms with Crippen molar-refractivity contribution in [1.82, 2.24) is 24.9 Å². The van der Waals surface area contributed by atoms with Gasteiger partial charge < -0.3 is 19.6 Å². The molecule has 2 aliphatic rings. The number of aliphatic hydroxyl groups is 1. The Balaban J connectivity index is 1.55. The summed E-state index contributed by atoms with van der Waals surface area (Å²) in [6, 6.07) is 7.67. The molecule has 0 radical (unpaired) electrons. The molecule has 1 atom stereocenters. The normalized spacial score (nSPS) is 21.3. The van der Waals surface area contributed by atoms with Gasteiger partial charge in [0, 0.05) is 38.6 Å². The molecule has 0 bridgehead atoms. The van der Waals surface area contributed by atoms with Crippen LogP contribution in [-0.4, -0.2) is 74.9 Å². The topological polar surface area (TPSA) is 99.5 Å². The smallest absolute Gasteiger partial charge is 0.290 e. The number of hydrogen-bond acceptors (Lipinski definition) is 7. The van der Waals surface area contributed by atoms with Gasteiger partial charge in [-0.15, -0.1) is 0 Å². The van der Waals surface area contributed by atoms with Crippen LogP contribution >= 0.6 is 0 Å². The molecule has 2 aromatic heterocycles. The number of nitrogens with one attached hydrogen (secondary N) is 1. The molecule has 0 amide bonds. The van der Waals surface area contributed by atoms with Crippen LogP contribution in [0.3, 0.4) is 0 Å². The Bertz CT molecular complexity index is 1180. The molecular formula is C22H28N6O3. The van der Waals surface area contributed by atoms with Crippen molar-refractivity contribution in [3.05, 3.63) is 34.6 Å². The monoisotopic (exact) mass is 424 g/mol. The molecule has 164 valence electrons. The van der Waals surface area contributed by atoms with Crippen LogP contribution < -0.4 is 15.2 Å². The number of rotatable bonds is 4. The Morgan fingerprint density at radius 3 is 2.77 bits per heavy atom. The van der Waals surface area contributed by atoms with Gasteiger partial charge in [0.05, 0.1) is 11.6 Å². The Labute approximate surface area is 180 Å². The zero-order valence-electron chi connectivity index (χ0n) is 18.1. The number of β-amino-alcohol motifs (C(OH)–C–C–N with tert-alkyl or cyclic N) is 1. The maximum atomic E-state index is 12.9. The predicted molar refractivity (Wildman–Crippen MR) is 119 cm³/mol. The number of ether oxygens (including phenoxy) is 1. The number of anilines is 1. The molecule has 1 saturated carbocycles. The second-order valence-corrected chi connectivity index (χ2v) is 9.04. The molecule has 31 heavy (non-hydrogen) atoms. The number of likely N-dealkylation sites (N-methyl/N-ethyl adjacent to an activating group) is 1. The van der Waals surface area contributed by atoms with Gasteiger partial charge in [0.1, 0.15) is 28.4 Å². The third-order valence-electron chi connectivity index (χ3n) is 6.19. The molecule has 1 aliphatic heterocycles. The zero-order valence-corrected chi connectivity index (χ0v) is 18.1. The lowest BCUT2D eigenvalue weighted by molar-refractivity contribution is 0.145. The minimum Gasteiger partial charge on any atom is -0.488 e. The fraction of sp³-hybridized carbons (Fsp3) is 0.500. The molecule has 1 aromatic carbocycles. The van der Waals surface area contributed by atoms with E-state index in [0.29, 0.717) is 36.7 Å². The van der Waals surface area contributed by atoms with Crippen LogP contribution in [0.15, 0.2) is 29.1 Å². The maximum absolute atomic E-state index is 12.9. The number of hydrogen-bond donors (Lipinski definition) is 2. The summed E-state index contributed by atoms with van der Waals surface area (Å²) in [5, 5.41) is 23.3. The molecule has 2 N–H and O–H groups in total. The van der Waals surface area contributed by atoms with E-state index in [4.69, 9.17) is 4.74 Å². The minimum absolute atomic E-state index is 0.0690. The number of H-pyrrole nitrogens is 1. The van der Waals surface area contributed by atoms with Gasteiger partial charge in [-0.1, -0.05) is 0 Å². The molecule has 3 heterocycles. The van der Waals surface area contributed by atoms with Crippen molar-refractivity contribution in [1.29, 1.82) is 0 Å². The summed E-state index contributed by atoms with van der Waals surface area (Å²) in [6.07, 6.45) is 1.60. The maximum Gasteiger partial charge on any atom is 0.290 e. The van der Waals surface area contributed by atoms with Crippen molar-refractivity contribution < 1.29 is 9.84 Å². The van der Waals surface area contributed by atoms with Gasteiger partial charge in [-0.3, -0.25) is 9.89 Å². The van der Waals surface area contributed by atoms with E-state index < -0.39 is 6.10 Å². The second-order valence-electron chi connectivity index (χ2n) is 9.04. The van der Waals surface area contributed by atoms with Crippen molar-refractivity contribution >= 4 is 16.6 Å². The molecule has 0 spiro atoms. The second kappa shape index (κ2) is 7.35. The molecule has 5 rings (SSSR count). The third-order valence-corrected chi connectivity index (χ3v) is 6.19. The first-order chi connectivity index (χ1) is 14.8. The first-order valence-electron chi connectivity index (χ1n) is 10.7. The van der Waals surface area contributed by atoms with Crippen molar-refractivity contribution in [3.8, 4) is 17.1 Å². The average molecular weight is 425 g/mol. The first-order valence-corrected chi connectivity index (χ1v) is 10.7. The van der Waals surface area contributed by atoms with Gasteiger partial charge in [-0.25, -0.2) is 4.68 Å². The molecule has 3 aromatic rings. The van der Waals surface area contributed by atoms with Crippen LogP contribution in [-0.2, 0) is 7.05 Å². The summed E-state index contributed by atoms with van der Waals surface area (Å²) in [7, 11) is 3.62. The first kappa shape index (κ1) is 20.0. The number of fused-ring (bicyclic) bond motifs is 1. The standard InChI is InChI=1S/C22H28N6O3/c1-22(6-7-22)31-15-4-5-17-16(10-15)20(24-23-17)18-11-19(21(30)27(3)25-18)28-9-8-26(2)12-14(29)13-28/h4-5,10-11,14,29H,6-9,12-13H2,1-3H3,(H,23,24). The Kier molecular flexibility index (Phi) is 4.75. The summed E-state index contributed by atoms with van der Waals surface area (Å²) in [4.78, 5) is 16.9. The van der Waals surface area contributed by atoms with E-state index in [-0.39, 0.29) is 11.2 Å². The highest BCUT2D eigenvalue weighted by molar-refractivity contribution is 5.93. The molecule has 2 fully saturated rings. The van der Waals surface area contributed by atoms with Gasteiger partial charge in [0.25, 0.3) is 5.56 Å². The summed E-state index contributed by atoms with van der Waals surface area (Å²) >= 11 is 0. The fourth-order valence-corrected chi connectivity index (χ4v) is 4.11. The Hall–Kier alpha value is -2.91. The van der Waals surface area contributed by atoms with Crippen molar-refractivity contribution in [2.24, 2.45) is 7.05 Å². The lowest BCUT2D eigenvalue weighted by atomic mass is 10.1. The molecule has 9 heteroatoms. The fourth-order valence-electron chi connectivity index (χ4n) is 4.11. The van der Waals surface area contributed by atoms with E-state index in [9.17, 15) is 9.90 Å². The average Bonchev–Trinajstić information content (AvgIpc) is 3.34. The summed E-state index contributed by atoms with van der Waals surface area (Å²) in [5.74, 6) is 0.805. The van der Waals surface area contributed by atoms with E-state index in [2.05, 4.69) is 27.1 Å². The zero-order chi connectivity index (χ0) is 21.8. The number of aromatic nitrogens is 4. The van der Waals surface area contributed by atoms with Crippen molar-refractivity contribution in [2.45, 2.75) is 31.5 Å². The van der Waals surface area contributed by atoms with Gasteiger partial charge in [0.15, 0.2) is 0 Å². The lowest BCUT2D eigenvalue weighted by Crippen LogP contribution is -2.38. The Morgan fingerprint density at radius 1 is 1.19 bits per heavy atom. The van der Waals surface area contributed by atoms with Crippen LogP contribution in [0.2, 0.25) is 0 Å². The number of aromatic amines is 1. The van der Waals surface area contributed by atoms with Crippen LogP contribution in [0.4, 0.5) is 5.69 Å². The van der Waals surface area contributed by atoms with Crippen LogP contribution in [0, 0.1) is 0 Å². The highest BCUT2D eigenvalue weighted by atomic mass is 16.5. The van der Waals surface area contributed by atoms with E-state index in [1.165, 1.54) is 4.68 Å². The largest absolute Gasteiger partial charge is 0.488 e. The minimum atomic E-state index is -0.525. The molecule has 9 nitrogen and oxygen atoms in total. The van der Waals surface area contributed by atoms with E-state index in [1.807, 2.05) is 30.1 Å². The van der Waals surface area contributed by atoms with E-state index in [1.54, 1.807) is 13.1 Å². The van der Waals surface area contributed by atoms with Gasteiger partial charge in [0.2, 0.25) is 0 Å². The SMILES string of the molecule is CN1CCN(c2cc(-c3n[nH]c4ccc(OC5(C)CC5)cc34)nn(C)c2=O)CC(O)C1. The van der Waals surface area contributed by atoms with E-state index in [0.717, 1.165) is 36.0 Å². The summed E-state index contributed by atoms with van der Waals surface area (Å²) in [6.45, 7) is 4.52. The van der Waals surface area contributed by atoms with Crippen molar-refractivity contribution in [2.75, 3.05) is 38.1 Å². The number of aryl methyl sites for hydroxylation is 1. The van der Waals surface area contributed by atoms with Crippen molar-refractivity contribution in [3.63, 3.8) is 0 Å². The number of nitrogens with zero attached hydrogens (tertiary/aromatic N) is 5. The highest BCUT2D eigenvalue weighted by Gasteiger charge is 2.40. The number of aliphatic hydroxyl groups excluding tert-OH is 1. The van der Waals surface area contributed by atoms with Gasteiger partial charge >= 0.3 is 0 Å². The quantitative estimate of drug-likeness (QED) is 0.653. The van der Waals surface area contributed by atoms with E-state index >= 15 is 0 Å². The predicted octanol–water partition coefficient (Wildman–Crippen LogP) is 1.37. The van der Waals surface area contributed by atoms with Crippen LogP contribution in [0.5, 0.6) is 5.75 Å². The molecular weight excluding hydrogens is 396 g/mol. The Morgan fingerprint density at radius 2 is 2.00 bits per heavy atom. The van der Waals surface area contributed by atoms with Crippen LogP contribution in [0.1, 0.15) is 19.8 Å². The van der Waals surface area contributed by atoms with Gasteiger partial charge in [-0.05, 0) is 51.1 Å². The molecule has 1 aliphatic carbocycles. The van der Waals surface area contributed by atoms with Crippen LogP contribution in [0.25, 0.3) is 22.3 Å². The number of benzene rings is 1. The molecule has 1 unspecified atom stereocenters.